The lowest BCUT2D eigenvalue weighted by atomic mass is 10.1. The molecule has 0 saturated heterocycles. The number of aromatic nitrogens is 1. The van der Waals surface area contributed by atoms with Crippen molar-refractivity contribution in [3.05, 3.63) is 42.2 Å². The Morgan fingerprint density at radius 3 is 2.59 bits per heavy atom. The molecule has 1 amide bonds. The minimum absolute atomic E-state index is 0.391. The predicted molar refractivity (Wildman–Crippen MR) is 56.0 cm³/mol. The number of hydrogen-bond acceptors (Lipinski definition) is 2. The molecule has 0 radical (unpaired) electrons. The topological polar surface area (TPSA) is 42.0 Å². The van der Waals surface area contributed by atoms with E-state index in [0.29, 0.717) is 5.56 Å². The van der Waals surface area contributed by atoms with Gasteiger partial charge in [0.25, 0.3) is 0 Å². The van der Waals surface area contributed by atoms with Crippen LogP contribution >= 0.6 is 0 Å². The van der Waals surface area contributed by atoms with Crippen molar-refractivity contribution in [2.75, 3.05) is 0 Å². The Hall–Kier alpha value is -1.85. The van der Waals surface area contributed by atoms with Crippen LogP contribution in [0.15, 0.2) is 31.0 Å². The summed E-state index contributed by atoms with van der Waals surface area (Å²) in [6, 6.07) is 1.74. The van der Waals surface area contributed by atoms with Gasteiger partial charge in [0.15, 0.2) is 0 Å². The molecule has 1 rings (SSSR count). The molecule has 1 aromatic rings. The number of alkyl halides is 3. The van der Waals surface area contributed by atoms with Crippen LogP contribution in [0.2, 0.25) is 0 Å². The van der Waals surface area contributed by atoms with Gasteiger partial charge in [-0.25, -0.2) is 0 Å². The lowest BCUT2D eigenvalue weighted by Gasteiger charge is -2.13. The SMILES string of the molecule is C=CC(=O)N[C@@H](C)c1ccc(C(F)(F)F)nc1. The Balaban J connectivity index is 2.80. The quantitative estimate of drug-likeness (QED) is 0.830. The molecule has 6 heteroatoms. The van der Waals surface area contributed by atoms with Crippen molar-refractivity contribution in [3.63, 3.8) is 0 Å². The van der Waals surface area contributed by atoms with E-state index in [1.165, 1.54) is 6.07 Å². The average Bonchev–Trinajstić information content (AvgIpc) is 2.27. The Morgan fingerprint density at radius 1 is 1.53 bits per heavy atom. The van der Waals surface area contributed by atoms with Gasteiger partial charge in [-0.2, -0.15) is 13.2 Å². The van der Waals surface area contributed by atoms with E-state index < -0.39 is 23.8 Å². The smallest absolute Gasteiger partial charge is 0.346 e. The standard InChI is InChI=1S/C11H11F3N2O/c1-3-10(17)16-7(2)8-4-5-9(15-6-8)11(12,13)14/h3-7H,1H2,2H3,(H,16,17)/t7-/m0/s1. The zero-order valence-electron chi connectivity index (χ0n) is 9.08. The van der Waals surface area contributed by atoms with Crippen LogP contribution in [-0.2, 0) is 11.0 Å². The highest BCUT2D eigenvalue weighted by atomic mass is 19.4. The van der Waals surface area contributed by atoms with Gasteiger partial charge < -0.3 is 5.32 Å². The number of hydrogen-bond donors (Lipinski definition) is 1. The van der Waals surface area contributed by atoms with Crippen molar-refractivity contribution >= 4 is 5.91 Å². The highest BCUT2D eigenvalue weighted by molar-refractivity contribution is 5.87. The highest BCUT2D eigenvalue weighted by Gasteiger charge is 2.32. The number of nitrogens with zero attached hydrogens (tertiary/aromatic N) is 1. The summed E-state index contributed by atoms with van der Waals surface area (Å²) < 4.78 is 36.7. The summed E-state index contributed by atoms with van der Waals surface area (Å²) in [6.07, 6.45) is -2.27. The lowest BCUT2D eigenvalue weighted by molar-refractivity contribution is -0.141. The maximum Gasteiger partial charge on any atom is 0.433 e. The predicted octanol–water partition coefficient (Wildman–Crippen LogP) is 2.46. The molecule has 0 spiro atoms. The zero-order chi connectivity index (χ0) is 13.1. The van der Waals surface area contributed by atoms with Crippen molar-refractivity contribution in [2.24, 2.45) is 0 Å². The first-order valence-corrected chi connectivity index (χ1v) is 4.80. The molecular weight excluding hydrogens is 233 g/mol. The van der Waals surface area contributed by atoms with Crippen LogP contribution in [0.25, 0.3) is 0 Å². The van der Waals surface area contributed by atoms with E-state index in [-0.39, 0.29) is 0 Å². The molecular formula is C11H11F3N2O. The fourth-order valence-corrected chi connectivity index (χ4v) is 1.18. The van der Waals surface area contributed by atoms with E-state index in [1.54, 1.807) is 6.92 Å². The van der Waals surface area contributed by atoms with Gasteiger partial charge in [0.05, 0.1) is 6.04 Å². The molecule has 0 unspecified atom stereocenters. The third-order valence-electron chi connectivity index (χ3n) is 2.12. The molecule has 0 aliphatic carbocycles. The summed E-state index contributed by atoms with van der Waals surface area (Å²) >= 11 is 0. The van der Waals surface area contributed by atoms with E-state index in [4.69, 9.17) is 0 Å². The summed E-state index contributed by atoms with van der Waals surface area (Å²) in [5.74, 6) is -0.391. The Bertz CT molecular complexity index is 412. The first-order chi connectivity index (χ1) is 7.84. The number of carbonyl (C=O) groups excluding carboxylic acids is 1. The summed E-state index contributed by atoms with van der Waals surface area (Å²) in [5, 5.41) is 2.53. The van der Waals surface area contributed by atoms with E-state index in [2.05, 4.69) is 16.9 Å². The average molecular weight is 244 g/mol. The van der Waals surface area contributed by atoms with Crippen LogP contribution in [0.5, 0.6) is 0 Å². The third-order valence-corrected chi connectivity index (χ3v) is 2.12. The normalized spacial score (nSPS) is 12.9. The maximum absolute atomic E-state index is 12.2. The van der Waals surface area contributed by atoms with Gasteiger partial charge in [0.2, 0.25) is 5.91 Å². The maximum atomic E-state index is 12.2. The lowest BCUT2D eigenvalue weighted by Crippen LogP contribution is -2.24. The van der Waals surface area contributed by atoms with Gasteiger partial charge in [-0.05, 0) is 24.6 Å². The van der Waals surface area contributed by atoms with Crippen molar-refractivity contribution < 1.29 is 18.0 Å². The number of pyridine rings is 1. The fourth-order valence-electron chi connectivity index (χ4n) is 1.18. The van der Waals surface area contributed by atoms with Crippen LogP contribution < -0.4 is 5.32 Å². The number of carbonyl (C=O) groups is 1. The molecule has 0 saturated carbocycles. The Morgan fingerprint density at radius 2 is 2.18 bits per heavy atom. The first kappa shape index (κ1) is 13.2. The van der Waals surface area contributed by atoms with E-state index in [0.717, 1.165) is 18.3 Å². The molecule has 3 nitrogen and oxygen atoms in total. The number of amides is 1. The Labute approximate surface area is 96.4 Å². The zero-order valence-corrected chi connectivity index (χ0v) is 9.08. The molecule has 1 atom stereocenters. The van der Waals surface area contributed by atoms with E-state index >= 15 is 0 Å². The molecule has 0 fully saturated rings. The van der Waals surface area contributed by atoms with Gasteiger partial charge in [0, 0.05) is 6.20 Å². The Kier molecular flexibility index (Phi) is 3.88. The summed E-state index contributed by atoms with van der Waals surface area (Å²) in [4.78, 5) is 14.3. The number of rotatable bonds is 3. The minimum Gasteiger partial charge on any atom is -0.346 e. The molecule has 0 aromatic carbocycles. The number of halogens is 3. The second-order valence-electron chi connectivity index (χ2n) is 3.41. The van der Waals surface area contributed by atoms with Crippen LogP contribution in [0.1, 0.15) is 24.2 Å². The molecule has 92 valence electrons. The van der Waals surface area contributed by atoms with Crippen molar-refractivity contribution in [1.82, 2.24) is 10.3 Å². The van der Waals surface area contributed by atoms with Crippen LogP contribution in [0.4, 0.5) is 13.2 Å². The van der Waals surface area contributed by atoms with Crippen LogP contribution in [0.3, 0.4) is 0 Å². The second-order valence-corrected chi connectivity index (χ2v) is 3.41. The van der Waals surface area contributed by atoms with Crippen molar-refractivity contribution in [2.45, 2.75) is 19.1 Å². The molecule has 0 aliphatic heterocycles. The molecule has 1 heterocycles. The molecule has 17 heavy (non-hydrogen) atoms. The second kappa shape index (κ2) is 4.99. The van der Waals surface area contributed by atoms with Crippen molar-refractivity contribution in [1.29, 1.82) is 0 Å². The fraction of sp³-hybridized carbons (Fsp3) is 0.273. The van der Waals surface area contributed by atoms with Gasteiger partial charge >= 0.3 is 6.18 Å². The number of nitrogens with one attached hydrogen (secondary N) is 1. The van der Waals surface area contributed by atoms with E-state index in [1.807, 2.05) is 0 Å². The summed E-state index contributed by atoms with van der Waals surface area (Å²) in [6.45, 7) is 4.92. The third kappa shape index (κ3) is 3.58. The van der Waals surface area contributed by atoms with Gasteiger partial charge in [-0.1, -0.05) is 12.6 Å². The van der Waals surface area contributed by atoms with Crippen LogP contribution in [-0.4, -0.2) is 10.9 Å². The van der Waals surface area contributed by atoms with Gasteiger partial charge in [-0.3, -0.25) is 9.78 Å². The van der Waals surface area contributed by atoms with Crippen molar-refractivity contribution in [3.8, 4) is 0 Å². The highest BCUT2D eigenvalue weighted by Crippen LogP contribution is 2.27. The molecule has 1 aromatic heterocycles. The first-order valence-electron chi connectivity index (χ1n) is 4.80. The largest absolute Gasteiger partial charge is 0.433 e. The van der Waals surface area contributed by atoms with Crippen LogP contribution in [0, 0.1) is 0 Å². The summed E-state index contributed by atoms with van der Waals surface area (Å²) in [5.41, 5.74) is -0.461. The minimum atomic E-state index is -4.45. The van der Waals surface area contributed by atoms with Gasteiger partial charge in [-0.15, -0.1) is 0 Å². The molecule has 0 aliphatic rings. The molecule has 1 N–H and O–H groups in total. The van der Waals surface area contributed by atoms with Gasteiger partial charge in [0.1, 0.15) is 5.69 Å². The summed E-state index contributed by atoms with van der Waals surface area (Å²) in [7, 11) is 0. The molecule has 0 bridgehead atoms. The monoisotopic (exact) mass is 244 g/mol. The van der Waals surface area contributed by atoms with E-state index in [9.17, 15) is 18.0 Å².